The number of carbonyl (C=O) groups excluding carboxylic acids is 4. The van der Waals surface area contributed by atoms with Crippen molar-refractivity contribution >= 4 is 23.8 Å². The first kappa shape index (κ1) is 25.1. The molecule has 0 aliphatic carbocycles. The molecule has 1 N–H and O–H groups in total. The Labute approximate surface area is 177 Å². The van der Waals surface area contributed by atoms with Gasteiger partial charge in [0.05, 0.1) is 26.7 Å². The second kappa shape index (κ2) is 14.1. The number of amides is 1. The maximum Gasteiger partial charge on any atom is 0.311 e. The molecular weight excluding hydrogens is 390 g/mol. The molecule has 0 unspecified atom stereocenters. The van der Waals surface area contributed by atoms with Crippen LogP contribution >= 0.6 is 0 Å². The summed E-state index contributed by atoms with van der Waals surface area (Å²) in [6.07, 6.45) is 1.89. The second-order valence-electron chi connectivity index (χ2n) is 6.74. The molecule has 8 nitrogen and oxygen atoms in total. The smallest absolute Gasteiger partial charge is 0.311 e. The van der Waals surface area contributed by atoms with Gasteiger partial charge in [0, 0.05) is 24.4 Å². The zero-order valence-electron chi connectivity index (χ0n) is 17.8. The molecular formula is C22H31NO7. The largest absolute Gasteiger partial charge is 0.469 e. The van der Waals surface area contributed by atoms with Crippen molar-refractivity contribution in [3.63, 3.8) is 0 Å². The van der Waals surface area contributed by atoms with Crippen LogP contribution in [0.3, 0.4) is 0 Å². The maximum absolute atomic E-state index is 12.7. The van der Waals surface area contributed by atoms with Gasteiger partial charge in [0.25, 0.3) is 5.91 Å². The molecule has 0 bridgehead atoms. The summed E-state index contributed by atoms with van der Waals surface area (Å²) in [5.41, 5.74) is 0.465. The quantitative estimate of drug-likeness (QED) is 0.385. The van der Waals surface area contributed by atoms with Crippen LogP contribution in [0.1, 0.15) is 55.8 Å². The van der Waals surface area contributed by atoms with Gasteiger partial charge in [-0.25, -0.2) is 0 Å². The van der Waals surface area contributed by atoms with Crippen molar-refractivity contribution in [2.75, 3.05) is 20.8 Å². The first-order valence-electron chi connectivity index (χ1n) is 10.1. The lowest BCUT2D eigenvalue weighted by Gasteiger charge is -2.27. The number of hydrogen-bond donors (Lipinski definition) is 1. The fourth-order valence-electron chi connectivity index (χ4n) is 3.08. The van der Waals surface area contributed by atoms with Crippen LogP contribution < -0.4 is 5.32 Å². The van der Waals surface area contributed by atoms with E-state index in [1.807, 2.05) is 0 Å². The fourth-order valence-corrected chi connectivity index (χ4v) is 3.08. The van der Waals surface area contributed by atoms with Crippen LogP contribution in [0.15, 0.2) is 30.3 Å². The lowest BCUT2D eigenvalue weighted by Crippen LogP contribution is -2.44. The summed E-state index contributed by atoms with van der Waals surface area (Å²) in [5, 5.41) is 2.91. The van der Waals surface area contributed by atoms with E-state index in [-0.39, 0.29) is 37.3 Å². The van der Waals surface area contributed by atoms with E-state index in [2.05, 4.69) is 14.8 Å². The van der Waals surface area contributed by atoms with Gasteiger partial charge in [-0.3, -0.25) is 19.2 Å². The summed E-state index contributed by atoms with van der Waals surface area (Å²) < 4.78 is 14.5. The predicted octanol–water partition coefficient (Wildman–Crippen LogP) is 2.65. The Morgan fingerprint density at radius 1 is 0.900 bits per heavy atom. The summed E-state index contributed by atoms with van der Waals surface area (Å²) >= 11 is 0. The summed E-state index contributed by atoms with van der Waals surface area (Å²) in [6, 6.07) is 8.10. The summed E-state index contributed by atoms with van der Waals surface area (Å²) in [7, 11) is 2.62. The molecule has 166 valence electrons. The van der Waals surface area contributed by atoms with Crippen molar-refractivity contribution in [2.45, 2.75) is 51.5 Å². The van der Waals surface area contributed by atoms with E-state index in [9.17, 15) is 19.2 Å². The van der Waals surface area contributed by atoms with Crippen molar-refractivity contribution in [1.82, 2.24) is 5.32 Å². The van der Waals surface area contributed by atoms with Gasteiger partial charge in [-0.2, -0.15) is 0 Å². The number of rotatable bonds is 13. The zero-order valence-corrected chi connectivity index (χ0v) is 17.8. The van der Waals surface area contributed by atoms with E-state index in [1.54, 1.807) is 37.3 Å². The van der Waals surface area contributed by atoms with Gasteiger partial charge in [-0.15, -0.1) is 0 Å². The van der Waals surface area contributed by atoms with Crippen LogP contribution in [0.25, 0.3) is 0 Å². The Hall–Kier alpha value is -2.90. The molecule has 2 atom stereocenters. The number of nitrogens with one attached hydrogen (secondary N) is 1. The maximum atomic E-state index is 12.7. The molecule has 1 aromatic rings. The highest BCUT2D eigenvalue weighted by Crippen LogP contribution is 2.21. The van der Waals surface area contributed by atoms with Gasteiger partial charge in [0.1, 0.15) is 0 Å². The third kappa shape index (κ3) is 9.07. The highest BCUT2D eigenvalue weighted by atomic mass is 16.5. The van der Waals surface area contributed by atoms with E-state index >= 15 is 0 Å². The molecule has 0 aliphatic rings. The lowest BCUT2D eigenvalue weighted by molar-refractivity contribution is -0.150. The molecule has 0 heterocycles. The second-order valence-corrected chi connectivity index (χ2v) is 6.74. The number of esters is 3. The molecule has 0 fully saturated rings. The molecule has 0 spiro atoms. The van der Waals surface area contributed by atoms with Crippen molar-refractivity contribution in [3.8, 4) is 0 Å². The minimum absolute atomic E-state index is 0.161. The third-order valence-electron chi connectivity index (χ3n) is 4.67. The number of methoxy groups -OCH3 is 2. The van der Waals surface area contributed by atoms with Crippen molar-refractivity contribution in [3.05, 3.63) is 35.9 Å². The number of carbonyl (C=O) groups is 4. The Bertz CT molecular complexity index is 690. The molecule has 0 radical (unpaired) electrons. The summed E-state index contributed by atoms with van der Waals surface area (Å²) in [5.74, 6) is -2.14. The van der Waals surface area contributed by atoms with Crippen LogP contribution in [0.2, 0.25) is 0 Å². The molecule has 8 heteroatoms. The van der Waals surface area contributed by atoms with E-state index < -0.39 is 17.9 Å². The normalized spacial score (nSPS) is 12.4. The Balaban J connectivity index is 2.96. The highest BCUT2D eigenvalue weighted by Gasteiger charge is 2.31. The number of hydrogen-bond acceptors (Lipinski definition) is 7. The standard InChI is InChI=1S/C22H31NO7/c1-4-30-22(27)17(12-8-14-19(24)28-2)18(13-9-15-20(25)29-3)23-21(26)16-10-6-5-7-11-16/h5-7,10-11,17-18H,4,8-9,12-15H2,1-3H3,(H,23,26)/t17-,18-/m0/s1. The summed E-state index contributed by atoms with van der Waals surface area (Å²) in [6.45, 7) is 1.91. The molecule has 0 saturated heterocycles. The van der Waals surface area contributed by atoms with Crippen LogP contribution in [0.5, 0.6) is 0 Å². The van der Waals surface area contributed by atoms with Crippen LogP contribution in [-0.2, 0) is 28.6 Å². The Kier molecular flexibility index (Phi) is 11.8. The summed E-state index contributed by atoms with van der Waals surface area (Å²) in [4.78, 5) is 48.2. The van der Waals surface area contributed by atoms with Gasteiger partial charge in [-0.05, 0) is 44.7 Å². The Morgan fingerprint density at radius 2 is 1.47 bits per heavy atom. The van der Waals surface area contributed by atoms with Gasteiger partial charge >= 0.3 is 17.9 Å². The van der Waals surface area contributed by atoms with Crippen molar-refractivity contribution in [1.29, 1.82) is 0 Å². The van der Waals surface area contributed by atoms with Gasteiger partial charge in [-0.1, -0.05) is 18.2 Å². The van der Waals surface area contributed by atoms with E-state index in [4.69, 9.17) is 4.74 Å². The van der Waals surface area contributed by atoms with E-state index in [0.717, 1.165) is 0 Å². The lowest BCUT2D eigenvalue weighted by atomic mass is 9.89. The Morgan fingerprint density at radius 3 is 2.00 bits per heavy atom. The highest BCUT2D eigenvalue weighted by molar-refractivity contribution is 5.94. The van der Waals surface area contributed by atoms with Crippen LogP contribution in [0, 0.1) is 5.92 Å². The first-order chi connectivity index (χ1) is 14.4. The molecule has 1 aromatic carbocycles. The van der Waals surface area contributed by atoms with E-state index in [0.29, 0.717) is 31.2 Å². The van der Waals surface area contributed by atoms with Gasteiger partial charge in [0.2, 0.25) is 0 Å². The monoisotopic (exact) mass is 421 g/mol. The average Bonchev–Trinajstić information content (AvgIpc) is 2.76. The minimum atomic E-state index is -0.653. The van der Waals surface area contributed by atoms with Crippen LogP contribution in [0.4, 0.5) is 0 Å². The number of benzene rings is 1. The SMILES string of the molecule is CCOC(=O)[C@@H](CCCC(=O)OC)[C@H](CCCC(=O)OC)NC(=O)c1ccccc1. The minimum Gasteiger partial charge on any atom is -0.469 e. The topological polar surface area (TPSA) is 108 Å². The van der Waals surface area contributed by atoms with Crippen molar-refractivity contribution < 1.29 is 33.4 Å². The predicted molar refractivity (Wildman–Crippen MR) is 110 cm³/mol. The first-order valence-corrected chi connectivity index (χ1v) is 10.1. The molecule has 1 rings (SSSR count). The van der Waals surface area contributed by atoms with Gasteiger partial charge < -0.3 is 19.5 Å². The number of ether oxygens (including phenoxy) is 3. The van der Waals surface area contributed by atoms with Crippen LogP contribution in [-0.4, -0.2) is 50.7 Å². The van der Waals surface area contributed by atoms with E-state index in [1.165, 1.54) is 14.2 Å². The average molecular weight is 421 g/mol. The molecule has 0 aromatic heterocycles. The fraction of sp³-hybridized carbons (Fsp3) is 0.545. The van der Waals surface area contributed by atoms with Gasteiger partial charge in [0.15, 0.2) is 0 Å². The molecule has 0 saturated carbocycles. The van der Waals surface area contributed by atoms with Crippen molar-refractivity contribution in [2.24, 2.45) is 5.92 Å². The third-order valence-corrected chi connectivity index (χ3v) is 4.67. The molecule has 30 heavy (non-hydrogen) atoms. The molecule has 0 aliphatic heterocycles. The molecule has 1 amide bonds. The zero-order chi connectivity index (χ0) is 22.4.